The average Bonchev–Trinajstić information content (AvgIpc) is 2.27. The fourth-order valence-corrected chi connectivity index (χ4v) is 2.10. The van der Waals surface area contributed by atoms with Gasteiger partial charge in [0.05, 0.1) is 6.10 Å². The molecule has 1 atom stereocenters. The lowest BCUT2D eigenvalue weighted by Gasteiger charge is -2.19. The Morgan fingerprint density at radius 2 is 1.95 bits per heavy atom. The molecule has 0 saturated carbocycles. The van der Waals surface area contributed by atoms with Gasteiger partial charge in [-0.3, -0.25) is 0 Å². The van der Waals surface area contributed by atoms with Crippen molar-refractivity contribution in [2.24, 2.45) is 0 Å². The predicted octanol–water partition coefficient (Wildman–Crippen LogP) is 3.76. The topological polar surface area (TPSA) is 34.1 Å². The van der Waals surface area contributed by atoms with Crippen molar-refractivity contribution in [3.8, 4) is 5.88 Å². The van der Waals surface area contributed by atoms with Gasteiger partial charge in [-0.25, -0.2) is 4.98 Å². The highest BCUT2D eigenvalue weighted by atomic mass is 16.5. The van der Waals surface area contributed by atoms with Crippen LogP contribution < -0.4 is 10.1 Å². The molecular weight excluding hydrogens is 236 g/mol. The number of aryl methyl sites for hydroxylation is 2. The molecule has 1 heterocycles. The summed E-state index contributed by atoms with van der Waals surface area (Å²) in [6.07, 6.45) is 2.41. The highest BCUT2D eigenvalue weighted by Gasteiger charge is 2.13. The normalized spacial score (nSPS) is 12.8. The van der Waals surface area contributed by atoms with Gasteiger partial charge in [0.2, 0.25) is 5.88 Å². The minimum absolute atomic E-state index is 0.219. The molecule has 1 unspecified atom stereocenters. The highest BCUT2D eigenvalue weighted by Crippen LogP contribution is 2.23. The average molecular weight is 264 g/mol. The maximum atomic E-state index is 6.03. The van der Waals surface area contributed by atoms with Crippen LogP contribution in [0.25, 0.3) is 0 Å². The number of nitrogens with one attached hydrogen (secondary N) is 1. The summed E-state index contributed by atoms with van der Waals surface area (Å²) >= 11 is 0. The second kappa shape index (κ2) is 7.49. The van der Waals surface area contributed by atoms with Crippen molar-refractivity contribution in [2.75, 3.05) is 0 Å². The summed E-state index contributed by atoms with van der Waals surface area (Å²) in [6, 6.07) is 2.58. The molecule has 0 bridgehead atoms. The Morgan fingerprint density at radius 3 is 2.53 bits per heavy atom. The molecule has 0 aromatic carbocycles. The van der Waals surface area contributed by atoms with Gasteiger partial charge in [-0.2, -0.15) is 0 Å². The number of ether oxygens (including phenoxy) is 1. The van der Waals surface area contributed by atoms with Crippen molar-refractivity contribution in [1.82, 2.24) is 10.3 Å². The van der Waals surface area contributed by atoms with E-state index in [0.29, 0.717) is 6.04 Å². The highest BCUT2D eigenvalue weighted by molar-refractivity contribution is 5.36. The summed E-state index contributed by atoms with van der Waals surface area (Å²) in [5, 5.41) is 3.45. The lowest BCUT2D eigenvalue weighted by atomic mass is 10.1. The Kier molecular flexibility index (Phi) is 6.29. The Labute approximate surface area is 117 Å². The quantitative estimate of drug-likeness (QED) is 0.814. The first-order valence-corrected chi connectivity index (χ1v) is 7.31. The molecule has 3 heteroatoms. The van der Waals surface area contributed by atoms with Crippen molar-refractivity contribution >= 4 is 0 Å². The maximum absolute atomic E-state index is 6.03. The van der Waals surface area contributed by atoms with Crippen molar-refractivity contribution in [2.45, 2.75) is 73.1 Å². The minimum atomic E-state index is 0.219. The van der Waals surface area contributed by atoms with Gasteiger partial charge in [-0.05, 0) is 38.8 Å². The van der Waals surface area contributed by atoms with E-state index in [1.54, 1.807) is 0 Å². The van der Waals surface area contributed by atoms with Crippen LogP contribution in [0, 0.1) is 13.8 Å². The van der Waals surface area contributed by atoms with E-state index in [4.69, 9.17) is 4.74 Å². The molecule has 0 aliphatic rings. The van der Waals surface area contributed by atoms with Crippen LogP contribution >= 0.6 is 0 Å². The van der Waals surface area contributed by atoms with Gasteiger partial charge in [-0.15, -0.1) is 0 Å². The number of pyridine rings is 1. The molecule has 0 aliphatic carbocycles. The zero-order valence-corrected chi connectivity index (χ0v) is 13.2. The Balaban J connectivity index is 2.92. The van der Waals surface area contributed by atoms with Gasteiger partial charge < -0.3 is 10.1 Å². The Hall–Kier alpha value is -1.09. The third kappa shape index (κ3) is 5.19. The fraction of sp³-hybridized carbons (Fsp3) is 0.688. The van der Waals surface area contributed by atoms with Gasteiger partial charge in [0.25, 0.3) is 0 Å². The summed E-state index contributed by atoms with van der Waals surface area (Å²) in [4.78, 5) is 4.57. The molecule has 1 aromatic rings. The lowest BCUT2D eigenvalue weighted by molar-refractivity contribution is 0.198. The second-order valence-corrected chi connectivity index (χ2v) is 5.62. The fourth-order valence-electron chi connectivity index (χ4n) is 2.10. The third-order valence-corrected chi connectivity index (χ3v) is 3.13. The first-order chi connectivity index (χ1) is 8.93. The number of aromatic nitrogens is 1. The first-order valence-electron chi connectivity index (χ1n) is 7.31. The van der Waals surface area contributed by atoms with E-state index in [9.17, 15) is 0 Å². The van der Waals surface area contributed by atoms with E-state index in [2.05, 4.69) is 51.0 Å². The van der Waals surface area contributed by atoms with E-state index in [1.807, 2.05) is 6.92 Å². The molecule has 0 amide bonds. The van der Waals surface area contributed by atoms with Crippen LogP contribution in [-0.2, 0) is 6.54 Å². The minimum Gasteiger partial charge on any atom is -0.474 e. The molecule has 1 aromatic heterocycles. The van der Waals surface area contributed by atoms with Crippen molar-refractivity contribution in [3.05, 3.63) is 22.9 Å². The summed E-state index contributed by atoms with van der Waals surface area (Å²) in [7, 11) is 0. The molecule has 0 saturated heterocycles. The van der Waals surface area contributed by atoms with Crippen LogP contribution in [0.3, 0.4) is 0 Å². The van der Waals surface area contributed by atoms with E-state index in [-0.39, 0.29) is 6.10 Å². The molecule has 0 aliphatic heterocycles. The molecule has 1 N–H and O–H groups in total. The van der Waals surface area contributed by atoms with E-state index < -0.39 is 0 Å². The molecular formula is C16H28N2O. The monoisotopic (exact) mass is 264 g/mol. The maximum Gasteiger partial charge on any atom is 0.218 e. The molecule has 19 heavy (non-hydrogen) atoms. The van der Waals surface area contributed by atoms with Gasteiger partial charge in [0.1, 0.15) is 0 Å². The second-order valence-electron chi connectivity index (χ2n) is 5.62. The third-order valence-electron chi connectivity index (χ3n) is 3.13. The zero-order chi connectivity index (χ0) is 14.4. The predicted molar refractivity (Wildman–Crippen MR) is 80.7 cm³/mol. The van der Waals surface area contributed by atoms with Crippen LogP contribution in [0.1, 0.15) is 57.4 Å². The number of hydrogen-bond donors (Lipinski definition) is 1. The Bertz CT molecular complexity index is 402. The molecule has 0 radical (unpaired) electrons. The van der Waals surface area contributed by atoms with Crippen molar-refractivity contribution in [3.63, 3.8) is 0 Å². The van der Waals surface area contributed by atoms with Gasteiger partial charge in [-0.1, -0.05) is 27.2 Å². The number of hydrogen-bond acceptors (Lipinski definition) is 3. The first kappa shape index (κ1) is 16.0. The summed E-state index contributed by atoms with van der Waals surface area (Å²) < 4.78 is 6.03. The Morgan fingerprint density at radius 1 is 1.26 bits per heavy atom. The van der Waals surface area contributed by atoms with Gasteiger partial charge >= 0.3 is 0 Å². The van der Waals surface area contributed by atoms with E-state index in [1.165, 1.54) is 11.1 Å². The smallest absolute Gasteiger partial charge is 0.218 e. The van der Waals surface area contributed by atoms with Crippen LogP contribution in [0.15, 0.2) is 6.07 Å². The van der Waals surface area contributed by atoms with Crippen LogP contribution in [0.4, 0.5) is 0 Å². The van der Waals surface area contributed by atoms with Gasteiger partial charge in [0.15, 0.2) is 0 Å². The summed E-state index contributed by atoms with van der Waals surface area (Å²) in [5.74, 6) is 0.798. The van der Waals surface area contributed by atoms with E-state index in [0.717, 1.165) is 31.0 Å². The lowest BCUT2D eigenvalue weighted by Crippen LogP contribution is -2.24. The molecule has 0 spiro atoms. The number of nitrogens with zero attached hydrogens (tertiary/aromatic N) is 1. The molecule has 1 rings (SSSR count). The van der Waals surface area contributed by atoms with Crippen LogP contribution in [0.2, 0.25) is 0 Å². The largest absolute Gasteiger partial charge is 0.474 e. The molecule has 3 nitrogen and oxygen atoms in total. The standard InChI is InChI=1S/C16H28N2O/c1-7-8-14(6)19-16-15(10-17-11(2)3)12(4)9-13(5)18-16/h9,11,14,17H,7-8,10H2,1-6H3. The van der Waals surface area contributed by atoms with E-state index >= 15 is 0 Å². The summed E-state index contributed by atoms with van der Waals surface area (Å²) in [6.45, 7) is 13.5. The molecule has 108 valence electrons. The van der Waals surface area contributed by atoms with Crippen LogP contribution in [0.5, 0.6) is 5.88 Å². The molecule has 0 fully saturated rings. The van der Waals surface area contributed by atoms with Crippen molar-refractivity contribution in [1.29, 1.82) is 0 Å². The summed E-state index contributed by atoms with van der Waals surface area (Å²) in [5.41, 5.74) is 3.45. The number of rotatable bonds is 7. The van der Waals surface area contributed by atoms with Gasteiger partial charge in [0, 0.05) is 23.8 Å². The SMILES string of the molecule is CCCC(C)Oc1nc(C)cc(C)c1CNC(C)C. The van der Waals surface area contributed by atoms with Crippen LogP contribution in [-0.4, -0.2) is 17.1 Å². The van der Waals surface area contributed by atoms with Crippen molar-refractivity contribution < 1.29 is 4.74 Å². The zero-order valence-electron chi connectivity index (χ0n) is 13.2.